The zero-order valence-electron chi connectivity index (χ0n) is 6.26. The fourth-order valence-electron chi connectivity index (χ4n) is 0.891. The van der Waals surface area contributed by atoms with Gasteiger partial charge in [0.25, 0.3) is 0 Å². The number of nitrogen functional groups attached to an aromatic ring is 1. The Bertz CT molecular complexity index is 235. The molecule has 0 aliphatic heterocycles. The van der Waals surface area contributed by atoms with Crippen LogP contribution in [0, 0.1) is 6.92 Å². The van der Waals surface area contributed by atoms with Gasteiger partial charge in [0, 0.05) is 6.20 Å². The van der Waals surface area contributed by atoms with Crippen molar-refractivity contribution in [1.82, 2.24) is 4.98 Å². The van der Waals surface area contributed by atoms with Crippen molar-refractivity contribution in [3.63, 3.8) is 0 Å². The molecular weight excluding hydrogens is 123 g/mol. The highest BCUT2D eigenvalue weighted by atomic mass is 14.8. The Labute approximate surface area is 61.7 Å². The maximum atomic E-state index is 5.46. The molecular formula is C7H10BN2. The summed E-state index contributed by atoms with van der Waals surface area (Å²) in [5.74, 6) is 0.586. The van der Waals surface area contributed by atoms with Crippen molar-refractivity contribution >= 4 is 18.6 Å². The molecule has 0 saturated heterocycles. The van der Waals surface area contributed by atoms with Crippen LogP contribution in [0.3, 0.4) is 0 Å². The normalized spacial score (nSPS) is 9.40. The van der Waals surface area contributed by atoms with Gasteiger partial charge in [-0.2, -0.15) is 0 Å². The van der Waals surface area contributed by atoms with Gasteiger partial charge in [-0.25, -0.2) is 4.98 Å². The molecule has 0 fully saturated rings. The van der Waals surface area contributed by atoms with Crippen LogP contribution in [-0.4, -0.2) is 12.3 Å². The summed E-state index contributed by atoms with van der Waals surface area (Å²) < 4.78 is 0. The van der Waals surface area contributed by atoms with E-state index in [1.54, 1.807) is 6.20 Å². The van der Waals surface area contributed by atoms with E-state index >= 15 is 0 Å². The van der Waals surface area contributed by atoms with E-state index in [0.717, 1.165) is 5.46 Å². The van der Waals surface area contributed by atoms with Crippen LogP contribution in [0.5, 0.6) is 0 Å². The molecule has 0 saturated carbocycles. The molecule has 0 atom stereocenters. The van der Waals surface area contributed by atoms with Crippen LogP contribution < -0.4 is 11.2 Å². The Morgan fingerprint density at radius 3 is 2.80 bits per heavy atom. The maximum Gasteiger partial charge on any atom is 0.150 e. The van der Waals surface area contributed by atoms with Crippen LogP contribution >= 0.6 is 0 Å². The Hall–Kier alpha value is -0.985. The average molecular weight is 133 g/mol. The topological polar surface area (TPSA) is 38.9 Å². The number of nitrogens with two attached hydrogens (primary N) is 1. The number of rotatable bonds is 1. The van der Waals surface area contributed by atoms with Crippen LogP contribution in [0.4, 0.5) is 5.82 Å². The minimum absolute atomic E-state index is 0.586. The van der Waals surface area contributed by atoms with E-state index in [-0.39, 0.29) is 0 Å². The summed E-state index contributed by atoms with van der Waals surface area (Å²) in [7, 11) is 2.02. The van der Waals surface area contributed by atoms with Crippen LogP contribution in [0.1, 0.15) is 5.56 Å². The lowest BCUT2D eigenvalue weighted by molar-refractivity contribution is 1.32. The van der Waals surface area contributed by atoms with E-state index in [4.69, 9.17) is 5.73 Å². The lowest BCUT2D eigenvalue weighted by Gasteiger charge is -2.00. The molecule has 1 rings (SSSR count). The molecule has 2 nitrogen and oxygen atoms in total. The van der Waals surface area contributed by atoms with Crippen LogP contribution in [0.2, 0.25) is 6.82 Å². The first-order chi connectivity index (χ1) is 4.74. The first kappa shape index (κ1) is 7.13. The van der Waals surface area contributed by atoms with Gasteiger partial charge in [0.1, 0.15) is 5.82 Å². The second-order valence-electron chi connectivity index (χ2n) is 2.25. The highest BCUT2D eigenvalue weighted by Gasteiger charge is 1.95. The number of hydrogen-bond acceptors (Lipinski definition) is 2. The van der Waals surface area contributed by atoms with Gasteiger partial charge in [-0.05, 0) is 13.0 Å². The van der Waals surface area contributed by atoms with Crippen LogP contribution in [0.25, 0.3) is 0 Å². The summed E-state index contributed by atoms with van der Waals surface area (Å²) in [4.78, 5) is 3.96. The molecule has 0 aliphatic rings. The van der Waals surface area contributed by atoms with Crippen molar-refractivity contribution in [2.75, 3.05) is 5.73 Å². The van der Waals surface area contributed by atoms with Crippen molar-refractivity contribution in [1.29, 1.82) is 0 Å². The van der Waals surface area contributed by atoms with Crippen LogP contribution in [0.15, 0.2) is 12.3 Å². The predicted molar refractivity (Wildman–Crippen MR) is 44.6 cm³/mol. The molecule has 0 spiro atoms. The Kier molecular flexibility index (Phi) is 1.95. The van der Waals surface area contributed by atoms with E-state index in [1.807, 2.05) is 27.1 Å². The summed E-state index contributed by atoms with van der Waals surface area (Å²) in [5, 5.41) is 0. The summed E-state index contributed by atoms with van der Waals surface area (Å²) in [6.07, 6.45) is 1.78. The minimum Gasteiger partial charge on any atom is -0.384 e. The Balaban J connectivity index is 3.07. The standard InChI is InChI=1S/C7H10BN2/c1-5-3-7(9)10-4-6(5)8-2/h3-4H,1-2H3,(H2,9,10). The maximum absolute atomic E-state index is 5.46. The van der Waals surface area contributed by atoms with E-state index in [1.165, 1.54) is 5.56 Å². The number of hydrogen-bond donors (Lipinski definition) is 1. The van der Waals surface area contributed by atoms with Gasteiger partial charge in [-0.15, -0.1) is 0 Å². The largest absolute Gasteiger partial charge is 0.384 e. The molecule has 0 aliphatic carbocycles. The van der Waals surface area contributed by atoms with Gasteiger partial charge in [-0.3, -0.25) is 0 Å². The summed E-state index contributed by atoms with van der Waals surface area (Å²) in [5.41, 5.74) is 7.78. The van der Waals surface area contributed by atoms with Crippen molar-refractivity contribution in [3.8, 4) is 0 Å². The molecule has 1 aromatic heterocycles. The molecule has 0 amide bonds. The van der Waals surface area contributed by atoms with E-state index < -0.39 is 0 Å². The molecule has 51 valence electrons. The zero-order chi connectivity index (χ0) is 7.56. The molecule has 1 heterocycles. The molecule has 1 radical (unpaired) electrons. The van der Waals surface area contributed by atoms with Crippen molar-refractivity contribution in [3.05, 3.63) is 17.8 Å². The SMILES string of the molecule is C[B]c1cnc(N)cc1C. The Morgan fingerprint density at radius 2 is 2.30 bits per heavy atom. The third-order valence-corrected chi connectivity index (χ3v) is 1.48. The fourth-order valence-corrected chi connectivity index (χ4v) is 0.891. The summed E-state index contributed by atoms with van der Waals surface area (Å²) in [6.45, 7) is 4.01. The molecule has 0 bridgehead atoms. The summed E-state index contributed by atoms with van der Waals surface area (Å²) >= 11 is 0. The minimum atomic E-state index is 0.586. The molecule has 3 heteroatoms. The quantitative estimate of drug-likeness (QED) is 0.561. The average Bonchev–Trinajstić information content (AvgIpc) is 1.88. The van der Waals surface area contributed by atoms with E-state index in [0.29, 0.717) is 5.82 Å². The highest BCUT2D eigenvalue weighted by molar-refractivity contribution is 6.52. The van der Waals surface area contributed by atoms with Gasteiger partial charge >= 0.3 is 0 Å². The number of pyridine rings is 1. The Morgan fingerprint density at radius 1 is 1.60 bits per heavy atom. The fraction of sp³-hybridized carbons (Fsp3) is 0.286. The molecule has 0 unspecified atom stereocenters. The van der Waals surface area contributed by atoms with E-state index in [9.17, 15) is 0 Å². The van der Waals surface area contributed by atoms with Gasteiger partial charge in [0.05, 0.1) is 0 Å². The zero-order valence-corrected chi connectivity index (χ0v) is 6.26. The number of anilines is 1. The monoisotopic (exact) mass is 133 g/mol. The lowest BCUT2D eigenvalue weighted by atomic mass is 9.72. The van der Waals surface area contributed by atoms with Gasteiger partial charge in [0.2, 0.25) is 0 Å². The molecule has 2 N–H and O–H groups in total. The molecule has 1 aromatic rings. The lowest BCUT2D eigenvalue weighted by Crippen LogP contribution is -2.15. The van der Waals surface area contributed by atoms with Crippen molar-refractivity contribution in [2.45, 2.75) is 13.7 Å². The van der Waals surface area contributed by atoms with Crippen molar-refractivity contribution in [2.24, 2.45) is 0 Å². The first-order valence-corrected chi connectivity index (χ1v) is 3.25. The predicted octanol–water partition coefficient (Wildman–Crippen LogP) is 0.350. The third kappa shape index (κ3) is 1.29. The summed E-state index contributed by atoms with van der Waals surface area (Å²) in [6, 6.07) is 1.87. The number of nitrogens with zero attached hydrogens (tertiary/aromatic N) is 1. The highest BCUT2D eigenvalue weighted by Crippen LogP contribution is 1.97. The molecule has 10 heavy (non-hydrogen) atoms. The van der Waals surface area contributed by atoms with Gasteiger partial charge in [-0.1, -0.05) is 17.8 Å². The number of aryl methyl sites for hydroxylation is 1. The van der Waals surface area contributed by atoms with Gasteiger partial charge < -0.3 is 5.73 Å². The molecule has 0 aromatic carbocycles. The number of aromatic nitrogens is 1. The van der Waals surface area contributed by atoms with Crippen molar-refractivity contribution < 1.29 is 0 Å². The van der Waals surface area contributed by atoms with E-state index in [2.05, 4.69) is 4.98 Å². The van der Waals surface area contributed by atoms with Gasteiger partial charge in [0.15, 0.2) is 7.28 Å². The second kappa shape index (κ2) is 2.73. The van der Waals surface area contributed by atoms with Crippen LogP contribution in [-0.2, 0) is 0 Å². The second-order valence-corrected chi connectivity index (χ2v) is 2.25. The third-order valence-electron chi connectivity index (χ3n) is 1.48. The first-order valence-electron chi connectivity index (χ1n) is 3.25. The smallest absolute Gasteiger partial charge is 0.150 e.